The molecule has 0 nitrogen and oxygen atoms in total. The summed E-state index contributed by atoms with van der Waals surface area (Å²) in [6.45, 7) is 4.32. The molecule has 16 heavy (non-hydrogen) atoms. The third-order valence-electron chi connectivity index (χ3n) is 3.46. The predicted octanol–water partition coefficient (Wildman–Crippen LogP) is 4.16. The summed E-state index contributed by atoms with van der Waals surface area (Å²) >= 11 is 6.25. The van der Waals surface area contributed by atoms with Crippen LogP contribution in [0, 0.1) is 23.0 Å². The van der Waals surface area contributed by atoms with Crippen LogP contribution < -0.4 is 0 Å². The second kappa shape index (κ2) is 3.99. The monoisotopic (exact) mass is 244 g/mol. The van der Waals surface area contributed by atoms with E-state index in [-0.39, 0.29) is 10.8 Å². The zero-order chi connectivity index (χ0) is 11.9. The Bertz CT molecular complexity index is 401. The zero-order valence-electron chi connectivity index (χ0n) is 9.43. The van der Waals surface area contributed by atoms with Crippen LogP contribution in [0.5, 0.6) is 0 Å². The van der Waals surface area contributed by atoms with E-state index in [0.717, 1.165) is 12.5 Å². The molecule has 1 saturated carbocycles. The van der Waals surface area contributed by atoms with Crippen molar-refractivity contribution in [1.29, 1.82) is 0 Å². The fourth-order valence-corrected chi connectivity index (χ4v) is 2.76. The van der Waals surface area contributed by atoms with Gasteiger partial charge in [0.25, 0.3) is 0 Å². The van der Waals surface area contributed by atoms with E-state index in [1.165, 1.54) is 12.1 Å². The fourth-order valence-electron chi connectivity index (χ4n) is 2.16. The van der Waals surface area contributed by atoms with E-state index >= 15 is 0 Å². The average Bonchev–Trinajstić information content (AvgIpc) is 2.80. The van der Waals surface area contributed by atoms with Gasteiger partial charge in [0.05, 0.1) is 0 Å². The maximum absolute atomic E-state index is 13.4. The summed E-state index contributed by atoms with van der Waals surface area (Å²) in [5.41, 5.74) is 0.784. The average molecular weight is 245 g/mol. The summed E-state index contributed by atoms with van der Waals surface area (Å²) in [5, 5.41) is -0.0602. The fraction of sp³-hybridized carbons (Fsp3) is 0.538. The van der Waals surface area contributed by atoms with Crippen LogP contribution in [-0.4, -0.2) is 5.38 Å². The lowest BCUT2D eigenvalue weighted by molar-refractivity contribution is 0.525. The van der Waals surface area contributed by atoms with Crippen LogP contribution in [0.4, 0.5) is 8.78 Å². The first-order chi connectivity index (χ1) is 7.40. The topological polar surface area (TPSA) is 0 Å². The molecular weight excluding hydrogens is 230 g/mol. The lowest BCUT2D eigenvalue weighted by Gasteiger charge is -2.11. The normalized spacial score (nSPS) is 24.2. The lowest BCUT2D eigenvalue weighted by atomic mass is 10.0. The van der Waals surface area contributed by atoms with Crippen LogP contribution in [0.2, 0.25) is 0 Å². The van der Waals surface area contributed by atoms with Crippen LogP contribution in [-0.2, 0) is 6.42 Å². The highest BCUT2D eigenvalue weighted by molar-refractivity contribution is 6.21. The molecule has 1 aliphatic carbocycles. The maximum atomic E-state index is 13.4. The van der Waals surface area contributed by atoms with Crippen molar-refractivity contribution in [2.75, 3.05) is 0 Å². The van der Waals surface area contributed by atoms with Crippen LogP contribution in [0.1, 0.15) is 25.8 Å². The highest BCUT2D eigenvalue weighted by Gasteiger charge is 2.49. The summed E-state index contributed by atoms with van der Waals surface area (Å²) in [5.74, 6) is -0.596. The first-order valence-corrected chi connectivity index (χ1v) is 5.92. The predicted molar refractivity (Wildman–Crippen MR) is 61.6 cm³/mol. The number of halogens is 3. The molecule has 1 aliphatic rings. The molecule has 88 valence electrons. The molecule has 0 spiro atoms. The molecule has 2 rings (SSSR count). The molecule has 2 atom stereocenters. The van der Waals surface area contributed by atoms with Gasteiger partial charge in [-0.1, -0.05) is 19.9 Å². The van der Waals surface area contributed by atoms with Crippen molar-refractivity contribution in [2.24, 2.45) is 11.3 Å². The van der Waals surface area contributed by atoms with E-state index < -0.39 is 11.6 Å². The number of rotatable bonds is 3. The number of benzene rings is 1. The molecule has 0 amide bonds. The van der Waals surface area contributed by atoms with Gasteiger partial charge < -0.3 is 0 Å². The Labute approximate surface area is 99.6 Å². The Morgan fingerprint density at radius 1 is 1.44 bits per heavy atom. The molecule has 1 fully saturated rings. The van der Waals surface area contributed by atoms with Crippen molar-refractivity contribution in [2.45, 2.75) is 32.1 Å². The molecule has 3 heteroatoms. The first kappa shape index (κ1) is 11.8. The lowest BCUT2D eigenvalue weighted by Crippen LogP contribution is -2.11. The van der Waals surface area contributed by atoms with Gasteiger partial charge in [-0.05, 0) is 35.8 Å². The van der Waals surface area contributed by atoms with E-state index in [4.69, 9.17) is 11.6 Å². The number of alkyl halides is 1. The smallest absolute Gasteiger partial charge is 0.129 e. The molecule has 0 bridgehead atoms. The quantitative estimate of drug-likeness (QED) is 0.701. The molecule has 0 aliphatic heterocycles. The molecule has 0 saturated heterocycles. The van der Waals surface area contributed by atoms with Gasteiger partial charge in [0.2, 0.25) is 0 Å². The highest BCUT2D eigenvalue weighted by atomic mass is 35.5. The number of hydrogen-bond donors (Lipinski definition) is 0. The largest absolute Gasteiger partial charge is 0.207 e. The standard InChI is InChI=1S/C13H15ClF2/c1-13(2)7-10(13)11(14)5-8-3-4-9(15)6-12(8)16/h3-4,6,10-11H,5,7H2,1-2H3. The summed E-state index contributed by atoms with van der Waals surface area (Å²) in [7, 11) is 0. The van der Waals surface area contributed by atoms with Gasteiger partial charge in [-0.2, -0.15) is 0 Å². The Balaban J connectivity index is 2.04. The van der Waals surface area contributed by atoms with Gasteiger partial charge in [-0.15, -0.1) is 11.6 Å². The third-order valence-corrected chi connectivity index (χ3v) is 3.91. The molecule has 2 unspecified atom stereocenters. The van der Waals surface area contributed by atoms with Crippen LogP contribution >= 0.6 is 11.6 Å². The van der Waals surface area contributed by atoms with E-state index in [9.17, 15) is 8.78 Å². The molecule has 0 N–H and O–H groups in total. The Hall–Kier alpha value is -0.630. The van der Waals surface area contributed by atoms with Gasteiger partial charge in [0, 0.05) is 11.4 Å². The second-order valence-corrected chi connectivity index (χ2v) is 5.82. The van der Waals surface area contributed by atoms with Gasteiger partial charge in [0.1, 0.15) is 11.6 Å². The van der Waals surface area contributed by atoms with Crippen molar-refractivity contribution >= 4 is 11.6 Å². The van der Waals surface area contributed by atoms with Gasteiger partial charge in [-0.3, -0.25) is 0 Å². The zero-order valence-corrected chi connectivity index (χ0v) is 10.2. The Kier molecular flexibility index (Phi) is 2.95. The minimum atomic E-state index is -0.542. The highest BCUT2D eigenvalue weighted by Crippen LogP contribution is 2.55. The molecular formula is C13H15ClF2. The summed E-state index contributed by atoms with van der Waals surface area (Å²) < 4.78 is 26.1. The van der Waals surface area contributed by atoms with Crippen molar-refractivity contribution in [1.82, 2.24) is 0 Å². The third kappa shape index (κ3) is 2.37. The van der Waals surface area contributed by atoms with Gasteiger partial charge in [-0.25, -0.2) is 8.78 Å². The van der Waals surface area contributed by atoms with Crippen LogP contribution in [0.3, 0.4) is 0 Å². The SMILES string of the molecule is CC1(C)CC1C(Cl)Cc1ccc(F)cc1F. The van der Waals surface area contributed by atoms with Crippen LogP contribution in [0.25, 0.3) is 0 Å². The minimum Gasteiger partial charge on any atom is -0.207 e. The minimum absolute atomic E-state index is 0.0602. The van der Waals surface area contributed by atoms with E-state index in [1.807, 2.05) is 0 Å². The van der Waals surface area contributed by atoms with E-state index in [0.29, 0.717) is 17.9 Å². The van der Waals surface area contributed by atoms with Crippen molar-refractivity contribution in [3.8, 4) is 0 Å². The summed E-state index contributed by atoms with van der Waals surface area (Å²) in [4.78, 5) is 0. The van der Waals surface area contributed by atoms with Crippen molar-refractivity contribution < 1.29 is 8.78 Å². The second-order valence-electron chi connectivity index (χ2n) is 5.26. The number of hydrogen-bond acceptors (Lipinski definition) is 0. The molecule has 0 radical (unpaired) electrons. The Morgan fingerprint density at radius 2 is 2.06 bits per heavy atom. The van der Waals surface area contributed by atoms with E-state index in [1.54, 1.807) is 0 Å². The van der Waals surface area contributed by atoms with Gasteiger partial charge >= 0.3 is 0 Å². The summed E-state index contributed by atoms with van der Waals surface area (Å²) in [6.07, 6.45) is 1.56. The molecule has 1 aromatic carbocycles. The molecule has 0 heterocycles. The Morgan fingerprint density at radius 3 is 2.56 bits per heavy atom. The van der Waals surface area contributed by atoms with Gasteiger partial charge in [0.15, 0.2) is 0 Å². The van der Waals surface area contributed by atoms with E-state index in [2.05, 4.69) is 13.8 Å². The first-order valence-electron chi connectivity index (χ1n) is 5.48. The van der Waals surface area contributed by atoms with Crippen molar-refractivity contribution in [3.05, 3.63) is 35.4 Å². The molecule has 0 aromatic heterocycles. The van der Waals surface area contributed by atoms with Crippen LogP contribution in [0.15, 0.2) is 18.2 Å². The summed E-state index contributed by atoms with van der Waals surface area (Å²) in [6, 6.07) is 3.67. The maximum Gasteiger partial charge on any atom is 0.129 e. The van der Waals surface area contributed by atoms with Crippen molar-refractivity contribution in [3.63, 3.8) is 0 Å². The molecule has 1 aromatic rings.